The Kier molecular flexibility index (Phi) is 84.1. The normalized spacial score (nSPS) is 3.00. The van der Waals surface area contributed by atoms with Gasteiger partial charge in [0.15, 0.2) is 0 Å². The molecule has 0 amide bonds. The van der Waals surface area contributed by atoms with Gasteiger partial charge in [-0.1, -0.05) is 0 Å². The van der Waals surface area contributed by atoms with Gasteiger partial charge in [-0.15, -0.1) is 0 Å². The van der Waals surface area contributed by atoms with Crippen LogP contribution in [0.2, 0.25) is 0 Å². The third-order valence-corrected chi connectivity index (χ3v) is 0. The summed E-state index contributed by atoms with van der Waals surface area (Å²) in [6, 6.07) is 0. The maximum Gasteiger partial charge on any atom is 3.00 e. The van der Waals surface area contributed by atoms with Crippen LogP contribution in [0.25, 0.3) is 0 Å². The maximum absolute atomic E-state index is 8.33. The molecule has 0 bridgehead atoms. The van der Waals surface area contributed by atoms with Crippen molar-refractivity contribution in [1.82, 2.24) is 0 Å². The first kappa shape index (κ1) is 30.0. The minimum Gasteiger partial charge on any atom is -1.00 e. The van der Waals surface area contributed by atoms with Gasteiger partial charge in [0.25, 0.3) is 0 Å². The van der Waals surface area contributed by atoms with Crippen molar-refractivity contribution in [2.24, 2.45) is 0 Å². The van der Waals surface area contributed by atoms with Crippen LogP contribution in [0, 0.1) is 82.6 Å². The summed E-state index contributed by atoms with van der Waals surface area (Å²) >= 11 is 0. The number of rotatable bonds is 0. The summed E-state index contributed by atoms with van der Waals surface area (Å²) < 4.78 is 0. The SMILES string of the molecule is O=C([O-])[O-].[Ba+2].[Ce+3].[F-].[Nd+3]. The number of hydrogen-bond acceptors (Lipinski definition) is 3. The van der Waals surface area contributed by atoms with Gasteiger partial charge < -0.3 is 19.7 Å². The average molecular weight is 501 g/mol. The van der Waals surface area contributed by atoms with Crippen molar-refractivity contribution in [1.29, 1.82) is 0 Å². The Bertz CT molecular complexity index is 42.3. The van der Waals surface area contributed by atoms with Crippen LogP contribution in [0.15, 0.2) is 0 Å². The standard InChI is InChI=1S/CH2O3.Ba.Ce.FH.Nd/c2-1(3)4;;;;/h(H2,2,3,4);;;1H;/q;+2;+3;;+3/p-3. The fourth-order valence-corrected chi connectivity index (χ4v) is 0. The minimum atomic E-state index is -2.33. The fraction of sp³-hybridized carbons (Fsp3) is 0. The summed E-state index contributed by atoms with van der Waals surface area (Å²) in [6.45, 7) is 0. The first-order chi connectivity index (χ1) is 1.73. The van der Waals surface area contributed by atoms with E-state index in [1.165, 1.54) is 0 Å². The van der Waals surface area contributed by atoms with Crippen LogP contribution in [0.5, 0.6) is 0 Å². The number of carbonyl (C=O) groups is 1. The summed E-state index contributed by atoms with van der Waals surface area (Å²) in [5.41, 5.74) is 0. The molecule has 0 spiro atoms. The largest absolute Gasteiger partial charge is 3.00 e. The minimum absolute atomic E-state index is 0. The van der Waals surface area contributed by atoms with E-state index in [1.807, 2.05) is 0 Å². The topological polar surface area (TPSA) is 63.2 Å². The van der Waals surface area contributed by atoms with Gasteiger partial charge in [0.05, 0.1) is 0 Å². The molecule has 0 saturated carbocycles. The van der Waals surface area contributed by atoms with Crippen molar-refractivity contribution in [3.8, 4) is 0 Å². The Morgan fingerprint density at radius 1 is 1.25 bits per heavy atom. The van der Waals surface area contributed by atoms with Crippen molar-refractivity contribution < 1.29 is 102 Å². The summed E-state index contributed by atoms with van der Waals surface area (Å²) in [5.74, 6) is 0. The van der Waals surface area contributed by atoms with Gasteiger partial charge in [0.2, 0.25) is 0 Å². The zero-order chi connectivity index (χ0) is 3.58. The molecule has 0 aliphatic carbocycles. The van der Waals surface area contributed by atoms with E-state index in [2.05, 4.69) is 0 Å². The molecule has 0 atom stereocenters. The van der Waals surface area contributed by atoms with E-state index in [4.69, 9.17) is 15.0 Å². The van der Waals surface area contributed by atoms with Crippen LogP contribution < -0.4 is 14.9 Å². The Morgan fingerprint density at radius 3 is 1.25 bits per heavy atom. The van der Waals surface area contributed by atoms with Crippen LogP contribution in [0.1, 0.15) is 0 Å². The third-order valence-electron chi connectivity index (χ3n) is 0. The van der Waals surface area contributed by atoms with Crippen molar-refractivity contribution in [2.75, 3.05) is 0 Å². The van der Waals surface area contributed by atoms with Gasteiger partial charge in [-0.05, 0) is 6.16 Å². The predicted octanol–water partition coefficient (Wildman–Crippen LogP) is -5.82. The molecule has 0 aromatic heterocycles. The Hall–Kier alpha value is 3.50. The van der Waals surface area contributed by atoms with Crippen molar-refractivity contribution in [3.63, 3.8) is 0 Å². The number of carboxylic acid groups (broad SMARTS) is 2. The molecule has 0 rings (SSSR count). The molecule has 0 unspecified atom stereocenters. The zero-order valence-electron chi connectivity index (χ0n) is 3.81. The molecule has 0 heterocycles. The predicted molar refractivity (Wildman–Crippen MR) is 11.1 cm³/mol. The van der Waals surface area contributed by atoms with Crippen LogP contribution in [0.3, 0.4) is 0 Å². The molecule has 8 heavy (non-hydrogen) atoms. The van der Waals surface area contributed by atoms with Gasteiger partial charge in [0.1, 0.15) is 0 Å². The van der Waals surface area contributed by atoms with Gasteiger partial charge in [-0.2, -0.15) is 0 Å². The van der Waals surface area contributed by atoms with Crippen molar-refractivity contribution >= 4 is 55.0 Å². The van der Waals surface area contributed by atoms with Crippen molar-refractivity contribution in [2.45, 2.75) is 0 Å². The quantitative estimate of drug-likeness (QED) is 0.312. The van der Waals surface area contributed by atoms with E-state index >= 15 is 0 Å². The van der Waals surface area contributed by atoms with E-state index in [0.717, 1.165) is 0 Å². The van der Waals surface area contributed by atoms with Crippen molar-refractivity contribution in [3.05, 3.63) is 0 Å². The number of carbonyl (C=O) groups excluding carboxylic acids is 1. The molecule has 0 N–H and O–H groups in total. The first-order valence-electron chi connectivity index (χ1n) is 0.612. The second-order valence-electron chi connectivity index (χ2n) is 0.250. The molecule has 0 fully saturated rings. The summed E-state index contributed by atoms with van der Waals surface area (Å²) in [5, 5.41) is 16.7. The summed E-state index contributed by atoms with van der Waals surface area (Å²) in [4.78, 5) is 8.33. The molecule has 0 aliphatic heterocycles. The van der Waals surface area contributed by atoms with Gasteiger partial charge in [-0.3, -0.25) is 0 Å². The monoisotopic (exact) mass is 499 g/mol. The third kappa shape index (κ3) is 56.0. The molecule has 3 nitrogen and oxygen atoms in total. The van der Waals surface area contributed by atoms with Gasteiger partial charge >= 0.3 is 131 Å². The van der Waals surface area contributed by atoms with Crippen LogP contribution >= 0.6 is 0 Å². The zero-order valence-corrected chi connectivity index (χ0v) is 14.6. The van der Waals surface area contributed by atoms with E-state index in [0.29, 0.717) is 0 Å². The van der Waals surface area contributed by atoms with Gasteiger partial charge in [-0.25, -0.2) is 0 Å². The van der Waals surface area contributed by atoms with Crippen LogP contribution in [-0.2, 0) is 0 Å². The Balaban J connectivity index is -0.00000000750. The molecule has 0 aliphatic rings. The Labute approximate surface area is 153 Å². The van der Waals surface area contributed by atoms with Crippen LogP contribution in [-0.4, -0.2) is 55.0 Å². The molecular formula is CBaCeFNdO3+5. The summed E-state index contributed by atoms with van der Waals surface area (Å²) in [6.07, 6.45) is -2.33. The maximum atomic E-state index is 8.33. The molecule has 2 radical (unpaired) electrons. The molecular weight excluding hydrogens is 501 g/mol. The van der Waals surface area contributed by atoms with E-state index < -0.39 is 6.16 Å². The summed E-state index contributed by atoms with van der Waals surface area (Å²) in [7, 11) is 0. The molecule has 7 heteroatoms. The second kappa shape index (κ2) is 22.4. The average Bonchev–Trinajstić information content (AvgIpc) is 0.811. The Morgan fingerprint density at radius 2 is 1.25 bits per heavy atom. The number of halogens is 1. The van der Waals surface area contributed by atoms with Crippen LogP contribution in [0.4, 0.5) is 4.79 Å². The van der Waals surface area contributed by atoms with Gasteiger partial charge in [0, 0.05) is 0 Å². The van der Waals surface area contributed by atoms with E-state index in [9.17, 15) is 0 Å². The smallest absolute Gasteiger partial charge is 1.00 e. The number of hydrogen-bond donors (Lipinski definition) is 0. The van der Waals surface area contributed by atoms with E-state index in [1.54, 1.807) is 0 Å². The molecule has 34 valence electrons. The second-order valence-corrected chi connectivity index (χ2v) is 0.250. The molecule has 0 aromatic rings. The van der Waals surface area contributed by atoms with E-state index in [-0.39, 0.29) is 136 Å². The molecule has 0 aromatic carbocycles. The first-order valence-corrected chi connectivity index (χ1v) is 0.612. The molecule has 0 saturated heterocycles. The fourth-order valence-electron chi connectivity index (χ4n) is 0.